The summed E-state index contributed by atoms with van der Waals surface area (Å²) in [7, 11) is 0. The largest absolute Gasteiger partial charge is 0.316 e. The third-order valence-corrected chi connectivity index (χ3v) is 4.35. The Labute approximate surface area is 120 Å². The van der Waals surface area contributed by atoms with E-state index in [2.05, 4.69) is 73.2 Å². The topological polar surface area (TPSA) is 12.0 Å². The van der Waals surface area contributed by atoms with Crippen LogP contribution < -0.4 is 5.32 Å². The summed E-state index contributed by atoms with van der Waals surface area (Å²) in [6.07, 6.45) is 2.35. The van der Waals surface area contributed by atoms with Crippen molar-refractivity contribution in [3.63, 3.8) is 0 Å². The number of halogens is 1. The van der Waals surface area contributed by atoms with Crippen molar-refractivity contribution in [1.29, 1.82) is 0 Å². The molecule has 0 saturated heterocycles. The molecule has 0 aliphatic rings. The van der Waals surface area contributed by atoms with Gasteiger partial charge in [-0.25, -0.2) is 0 Å². The second-order valence-electron chi connectivity index (χ2n) is 5.52. The van der Waals surface area contributed by atoms with Gasteiger partial charge in [0.25, 0.3) is 0 Å². The van der Waals surface area contributed by atoms with Crippen LogP contribution in [0.15, 0.2) is 28.7 Å². The number of benzene rings is 1. The fourth-order valence-electron chi connectivity index (χ4n) is 2.41. The Hall–Kier alpha value is -0.340. The van der Waals surface area contributed by atoms with Gasteiger partial charge in [0.2, 0.25) is 0 Å². The van der Waals surface area contributed by atoms with Crippen molar-refractivity contribution in [2.75, 3.05) is 13.1 Å². The van der Waals surface area contributed by atoms with Crippen LogP contribution in [-0.4, -0.2) is 13.1 Å². The van der Waals surface area contributed by atoms with Gasteiger partial charge in [0.1, 0.15) is 0 Å². The molecule has 0 fully saturated rings. The Bertz CT molecular complexity index is 339. The van der Waals surface area contributed by atoms with Gasteiger partial charge in [-0.2, -0.15) is 0 Å². The minimum absolute atomic E-state index is 0.273. The highest BCUT2D eigenvalue weighted by atomic mass is 79.9. The maximum absolute atomic E-state index is 3.63. The third kappa shape index (κ3) is 4.10. The average Bonchev–Trinajstić information content (AvgIpc) is 2.36. The zero-order valence-corrected chi connectivity index (χ0v) is 13.7. The van der Waals surface area contributed by atoms with Crippen molar-refractivity contribution >= 4 is 15.9 Å². The third-order valence-electron chi connectivity index (χ3n) is 3.83. The molecule has 0 unspecified atom stereocenters. The Morgan fingerprint density at radius 1 is 1.11 bits per heavy atom. The SMILES string of the molecule is CCC(CC)(CNCC(C)C)c1ccc(Br)cc1. The van der Waals surface area contributed by atoms with Gasteiger partial charge in [0, 0.05) is 16.4 Å². The van der Waals surface area contributed by atoms with Gasteiger partial charge in [0.15, 0.2) is 0 Å². The molecule has 0 aliphatic carbocycles. The zero-order chi connectivity index (χ0) is 13.6. The predicted molar refractivity (Wildman–Crippen MR) is 84.1 cm³/mol. The van der Waals surface area contributed by atoms with Crippen molar-refractivity contribution in [1.82, 2.24) is 5.32 Å². The van der Waals surface area contributed by atoms with Gasteiger partial charge in [-0.3, -0.25) is 0 Å². The van der Waals surface area contributed by atoms with Gasteiger partial charge in [-0.1, -0.05) is 55.8 Å². The molecule has 1 aromatic carbocycles. The van der Waals surface area contributed by atoms with E-state index in [1.807, 2.05) is 0 Å². The van der Waals surface area contributed by atoms with E-state index < -0.39 is 0 Å². The molecule has 18 heavy (non-hydrogen) atoms. The molecular formula is C16H26BrN. The monoisotopic (exact) mass is 311 g/mol. The molecule has 0 aliphatic heterocycles. The standard InChI is InChI=1S/C16H26BrN/c1-5-16(6-2,12-18-11-13(3)4)14-7-9-15(17)10-8-14/h7-10,13,18H,5-6,11-12H2,1-4H3. The van der Waals surface area contributed by atoms with Crippen LogP contribution in [0.5, 0.6) is 0 Å². The number of rotatable bonds is 7. The van der Waals surface area contributed by atoms with Gasteiger partial charge < -0.3 is 5.32 Å². The first-order valence-electron chi connectivity index (χ1n) is 7.01. The van der Waals surface area contributed by atoms with E-state index in [1.165, 1.54) is 18.4 Å². The van der Waals surface area contributed by atoms with Crippen LogP contribution in [0.2, 0.25) is 0 Å². The highest BCUT2D eigenvalue weighted by Gasteiger charge is 2.27. The second kappa shape index (κ2) is 7.30. The smallest absolute Gasteiger partial charge is 0.0175 e. The van der Waals surface area contributed by atoms with Gasteiger partial charge in [0.05, 0.1) is 0 Å². The molecule has 0 radical (unpaired) electrons. The molecule has 2 heteroatoms. The fourth-order valence-corrected chi connectivity index (χ4v) is 2.68. The molecule has 102 valence electrons. The molecule has 0 spiro atoms. The lowest BCUT2D eigenvalue weighted by Gasteiger charge is -2.33. The maximum atomic E-state index is 3.63. The fraction of sp³-hybridized carbons (Fsp3) is 0.625. The molecule has 0 bridgehead atoms. The number of hydrogen-bond acceptors (Lipinski definition) is 1. The van der Waals surface area contributed by atoms with Crippen LogP contribution in [0.1, 0.15) is 46.1 Å². The molecular weight excluding hydrogens is 286 g/mol. The molecule has 0 saturated carbocycles. The lowest BCUT2D eigenvalue weighted by atomic mass is 9.76. The van der Waals surface area contributed by atoms with Gasteiger partial charge in [-0.15, -0.1) is 0 Å². The summed E-state index contributed by atoms with van der Waals surface area (Å²) in [5, 5.41) is 3.63. The Kier molecular flexibility index (Phi) is 6.37. The van der Waals surface area contributed by atoms with Gasteiger partial charge >= 0.3 is 0 Å². The molecule has 0 amide bonds. The van der Waals surface area contributed by atoms with Gasteiger partial charge in [-0.05, 0) is 43.0 Å². The first-order chi connectivity index (χ1) is 8.54. The van der Waals surface area contributed by atoms with Crippen molar-refractivity contribution in [2.45, 2.75) is 46.0 Å². The molecule has 0 atom stereocenters. The molecule has 1 nitrogen and oxygen atoms in total. The Morgan fingerprint density at radius 2 is 1.67 bits per heavy atom. The van der Waals surface area contributed by atoms with Crippen LogP contribution in [-0.2, 0) is 5.41 Å². The highest BCUT2D eigenvalue weighted by molar-refractivity contribution is 9.10. The number of hydrogen-bond donors (Lipinski definition) is 1. The van der Waals surface area contributed by atoms with Crippen molar-refractivity contribution in [3.8, 4) is 0 Å². The van der Waals surface area contributed by atoms with Crippen molar-refractivity contribution in [2.24, 2.45) is 5.92 Å². The van der Waals surface area contributed by atoms with Crippen LogP contribution >= 0.6 is 15.9 Å². The summed E-state index contributed by atoms with van der Waals surface area (Å²) >= 11 is 3.51. The minimum atomic E-state index is 0.273. The quantitative estimate of drug-likeness (QED) is 0.766. The lowest BCUT2D eigenvalue weighted by Crippen LogP contribution is -2.38. The highest BCUT2D eigenvalue weighted by Crippen LogP contribution is 2.31. The second-order valence-corrected chi connectivity index (χ2v) is 6.43. The summed E-state index contributed by atoms with van der Waals surface area (Å²) in [5.41, 5.74) is 1.72. The maximum Gasteiger partial charge on any atom is 0.0175 e. The minimum Gasteiger partial charge on any atom is -0.316 e. The predicted octanol–water partition coefficient (Wildman–Crippen LogP) is 4.75. The van der Waals surface area contributed by atoms with E-state index in [0.717, 1.165) is 17.6 Å². The van der Waals surface area contributed by atoms with Crippen molar-refractivity contribution < 1.29 is 0 Å². The van der Waals surface area contributed by atoms with Crippen LogP contribution in [0.3, 0.4) is 0 Å². The Balaban J connectivity index is 2.81. The van der Waals surface area contributed by atoms with Crippen molar-refractivity contribution in [3.05, 3.63) is 34.3 Å². The zero-order valence-electron chi connectivity index (χ0n) is 12.1. The molecule has 1 rings (SSSR count). The van der Waals surface area contributed by atoms with Crippen LogP contribution in [0.25, 0.3) is 0 Å². The van der Waals surface area contributed by atoms with E-state index in [-0.39, 0.29) is 5.41 Å². The lowest BCUT2D eigenvalue weighted by molar-refractivity contribution is 0.359. The summed E-state index contributed by atoms with van der Waals surface area (Å²) < 4.78 is 1.16. The summed E-state index contributed by atoms with van der Waals surface area (Å²) in [4.78, 5) is 0. The summed E-state index contributed by atoms with van der Waals surface area (Å²) in [6, 6.07) is 8.82. The molecule has 0 heterocycles. The van der Waals surface area contributed by atoms with E-state index in [0.29, 0.717) is 5.92 Å². The van der Waals surface area contributed by atoms with E-state index in [9.17, 15) is 0 Å². The van der Waals surface area contributed by atoms with Crippen LogP contribution in [0.4, 0.5) is 0 Å². The summed E-state index contributed by atoms with van der Waals surface area (Å²) in [5.74, 6) is 0.710. The first-order valence-corrected chi connectivity index (χ1v) is 7.80. The molecule has 0 aromatic heterocycles. The Morgan fingerprint density at radius 3 is 2.11 bits per heavy atom. The van der Waals surface area contributed by atoms with E-state index in [1.54, 1.807) is 0 Å². The van der Waals surface area contributed by atoms with Crippen LogP contribution in [0, 0.1) is 5.92 Å². The number of nitrogens with one attached hydrogen (secondary N) is 1. The summed E-state index contributed by atoms with van der Waals surface area (Å²) in [6.45, 7) is 11.3. The van der Waals surface area contributed by atoms with E-state index in [4.69, 9.17) is 0 Å². The molecule has 1 aromatic rings. The van der Waals surface area contributed by atoms with E-state index >= 15 is 0 Å². The average molecular weight is 312 g/mol. The first kappa shape index (κ1) is 15.7. The normalized spacial score (nSPS) is 12.1. The molecule has 1 N–H and O–H groups in total.